The summed E-state index contributed by atoms with van der Waals surface area (Å²) in [7, 11) is 3.29. The fourth-order valence-electron chi connectivity index (χ4n) is 3.02. The zero-order valence-corrected chi connectivity index (χ0v) is 15.9. The highest BCUT2D eigenvalue weighted by Crippen LogP contribution is 2.32. The molecule has 5 heteroatoms. The number of ether oxygens (including phenoxy) is 2. The highest BCUT2D eigenvalue weighted by molar-refractivity contribution is 6.01. The van der Waals surface area contributed by atoms with E-state index in [1.54, 1.807) is 19.2 Å². The molecule has 1 heterocycles. The molecule has 0 saturated heterocycles. The number of hydrazone groups is 1. The Morgan fingerprint density at radius 3 is 2.19 bits per heavy atom. The minimum absolute atomic E-state index is 0.0173. The minimum atomic E-state index is -0.0844. The summed E-state index contributed by atoms with van der Waals surface area (Å²) in [5, 5.41) is 6.17. The van der Waals surface area contributed by atoms with Crippen LogP contribution in [0.4, 0.5) is 0 Å². The number of methoxy groups -OCH3 is 2. The van der Waals surface area contributed by atoms with Crippen molar-refractivity contribution in [2.45, 2.75) is 25.8 Å². The highest BCUT2D eigenvalue weighted by Gasteiger charge is 2.30. The zero-order chi connectivity index (χ0) is 19.2. The lowest BCUT2D eigenvalue weighted by Crippen LogP contribution is -2.26. The van der Waals surface area contributed by atoms with E-state index in [0.717, 1.165) is 28.3 Å². The van der Waals surface area contributed by atoms with Crippen LogP contribution in [0.1, 0.15) is 36.9 Å². The van der Waals surface area contributed by atoms with E-state index in [1.807, 2.05) is 67.6 Å². The largest absolute Gasteiger partial charge is 0.497 e. The van der Waals surface area contributed by atoms with Gasteiger partial charge in [0.05, 0.1) is 26.0 Å². The van der Waals surface area contributed by atoms with Crippen molar-refractivity contribution in [3.05, 3.63) is 65.7 Å². The van der Waals surface area contributed by atoms with Gasteiger partial charge in [-0.25, -0.2) is 5.01 Å². The van der Waals surface area contributed by atoms with Crippen molar-refractivity contribution in [2.75, 3.05) is 14.2 Å². The molecule has 1 amide bonds. The van der Waals surface area contributed by atoms with Crippen molar-refractivity contribution in [2.24, 2.45) is 5.10 Å². The molecule has 2 aromatic rings. The smallest absolute Gasteiger partial charge is 0.242 e. The lowest BCUT2D eigenvalue weighted by Gasteiger charge is -2.21. The second kappa shape index (κ2) is 8.54. The Balaban J connectivity index is 1.79. The Kier molecular flexibility index (Phi) is 5.91. The standard InChI is InChI=1S/C22H24N2O3/c1-4-22(25)24-21(17-8-13-20(27-3)14-9-17)15-18(23-24)10-5-16-6-11-19(26-2)12-7-16/h5-14,21H,4,15H2,1-3H3/b10-5+/t21-/m0/s1. The molecule has 0 saturated carbocycles. The van der Waals surface area contributed by atoms with E-state index >= 15 is 0 Å². The number of carbonyl (C=O) groups is 1. The lowest BCUT2D eigenvalue weighted by molar-refractivity contribution is -0.132. The first kappa shape index (κ1) is 18.7. The van der Waals surface area contributed by atoms with Crippen molar-refractivity contribution < 1.29 is 14.3 Å². The van der Waals surface area contributed by atoms with Gasteiger partial charge in [-0.1, -0.05) is 37.3 Å². The molecule has 0 fully saturated rings. The summed E-state index contributed by atoms with van der Waals surface area (Å²) >= 11 is 0. The van der Waals surface area contributed by atoms with Crippen LogP contribution < -0.4 is 9.47 Å². The SMILES string of the molecule is CCC(=O)N1N=C(/C=C/c2ccc(OC)cc2)C[C@H]1c1ccc(OC)cc1. The van der Waals surface area contributed by atoms with Crippen molar-refractivity contribution in [3.63, 3.8) is 0 Å². The Bertz CT molecular complexity index is 839. The van der Waals surface area contributed by atoms with Gasteiger partial charge < -0.3 is 9.47 Å². The van der Waals surface area contributed by atoms with Crippen molar-refractivity contribution >= 4 is 17.7 Å². The van der Waals surface area contributed by atoms with E-state index in [4.69, 9.17) is 9.47 Å². The Morgan fingerprint density at radius 2 is 1.63 bits per heavy atom. The summed E-state index contributed by atoms with van der Waals surface area (Å²) in [5.74, 6) is 1.64. The second-order valence-corrected chi connectivity index (χ2v) is 6.28. The van der Waals surface area contributed by atoms with Gasteiger partial charge in [0, 0.05) is 12.8 Å². The molecule has 140 valence electrons. The van der Waals surface area contributed by atoms with Gasteiger partial charge in [-0.05, 0) is 41.5 Å². The number of hydrogen-bond donors (Lipinski definition) is 0. The number of rotatable bonds is 6. The first-order valence-corrected chi connectivity index (χ1v) is 9.00. The average molecular weight is 364 g/mol. The summed E-state index contributed by atoms with van der Waals surface area (Å²) in [6, 6.07) is 15.5. The second-order valence-electron chi connectivity index (χ2n) is 6.28. The normalized spacial score (nSPS) is 16.5. The third-order valence-electron chi connectivity index (χ3n) is 4.58. The maximum Gasteiger partial charge on any atom is 0.242 e. The topological polar surface area (TPSA) is 51.1 Å². The highest BCUT2D eigenvalue weighted by atomic mass is 16.5. The van der Waals surface area contributed by atoms with Crippen LogP contribution in [0.15, 0.2) is 59.7 Å². The third-order valence-corrected chi connectivity index (χ3v) is 4.58. The molecule has 0 aromatic heterocycles. The van der Waals surface area contributed by atoms with Crippen molar-refractivity contribution in [3.8, 4) is 11.5 Å². The molecular formula is C22H24N2O3. The molecule has 0 unspecified atom stereocenters. The fourth-order valence-corrected chi connectivity index (χ4v) is 3.02. The molecule has 0 bridgehead atoms. The van der Waals surface area contributed by atoms with E-state index in [0.29, 0.717) is 12.8 Å². The van der Waals surface area contributed by atoms with Gasteiger partial charge in [0.1, 0.15) is 11.5 Å². The van der Waals surface area contributed by atoms with Gasteiger partial charge in [0.15, 0.2) is 0 Å². The summed E-state index contributed by atoms with van der Waals surface area (Å²) in [5.41, 5.74) is 2.99. The molecule has 3 rings (SSSR count). The van der Waals surface area contributed by atoms with Crippen LogP contribution in [-0.4, -0.2) is 30.8 Å². The Hall–Kier alpha value is -3.08. The van der Waals surface area contributed by atoms with Crippen molar-refractivity contribution in [1.82, 2.24) is 5.01 Å². The average Bonchev–Trinajstić information content (AvgIpc) is 3.16. The first-order chi connectivity index (χ1) is 13.1. The monoisotopic (exact) mass is 364 g/mol. The molecule has 0 radical (unpaired) electrons. The van der Waals surface area contributed by atoms with Gasteiger partial charge >= 0.3 is 0 Å². The molecule has 1 aliphatic heterocycles. The molecular weight excluding hydrogens is 340 g/mol. The van der Waals surface area contributed by atoms with Gasteiger partial charge in [0.25, 0.3) is 0 Å². The molecule has 0 N–H and O–H groups in total. The van der Waals surface area contributed by atoms with E-state index in [2.05, 4.69) is 5.10 Å². The maximum atomic E-state index is 12.4. The molecule has 2 aromatic carbocycles. The molecule has 0 spiro atoms. The molecule has 1 aliphatic rings. The number of allylic oxidation sites excluding steroid dienone is 1. The van der Waals surface area contributed by atoms with Crippen molar-refractivity contribution in [1.29, 1.82) is 0 Å². The van der Waals surface area contributed by atoms with Crippen LogP contribution in [0.2, 0.25) is 0 Å². The summed E-state index contributed by atoms with van der Waals surface area (Å²) in [6.45, 7) is 1.86. The van der Waals surface area contributed by atoms with Gasteiger partial charge in [-0.3, -0.25) is 4.79 Å². The fraction of sp³-hybridized carbons (Fsp3) is 0.273. The van der Waals surface area contributed by atoms with Gasteiger partial charge in [-0.15, -0.1) is 0 Å². The van der Waals surface area contributed by atoms with E-state index in [-0.39, 0.29) is 11.9 Å². The maximum absolute atomic E-state index is 12.4. The van der Waals surface area contributed by atoms with Crippen LogP contribution in [0.25, 0.3) is 6.08 Å². The van der Waals surface area contributed by atoms with E-state index < -0.39 is 0 Å². The lowest BCUT2D eigenvalue weighted by atomic mass is 10.0. The molecule has 5 nitrogen and oxygen atoms in total. The van der Waals surface area contributed by atoms with E-state index in [1.165, 1.54) is 0 Å². The molecule has 0 aliphatic carbocycles. The van der Waals surface area contributed by atoms with Crippen LogP contribution in [0.5, 0.6) is 11.5 Å². The summed E-state index contributed by atoms with van der Waals surface area (Å²) < 4.78 is 10.4. The zero-order valence-electron chi connectivity index (χ0n) is 15.9. The van der Waals surface area contributed by atoms with Gasteiger partial charge in [0.2, 0.25) is 5.91 Å². The third kappa shape index (κ3) is 4.37. The van der Waals surface area contributed by atoms with Crippen LogP contribution in [0.3, 0.4) is 0 Å². The molecule has 1 atom stereocenters. The molecule has 27 heavy (non-hydrogen) atoms. The number of benzene rings is 2. The predicted molar refractivity (Wildman–Crippen MR) is 107 cm³/mol. The van der Waals surface area contributed by atoms with Gasteiger partial charge in [-0.2, -0.15) is 5.10 Å². The number of amides is 1. The quantitative estimate of drug-likeness (QED) is 0.760. The van der Waals surface area contributed by atoms with Crippen LogP contribution in [0, 0.1) is 0 Å². The van der Waals surface area contributed by atoms with E-state index in [9.17, 15) is 4.79 Å². The minimum Gasteiger partial charge on any atom is -0.497 e. The number of hydrogen-bond acceptors (Lipinski definition) is 4. The van der Waals surface area contributed by atoms with Crippen LogP contribution >= 0.6 is 0 Å². The Labute approximate surface area is 159 Å². The predicted octanol–water partition coefficient (Wildman–Crippen LogP) is 4.46. The van der Waals surface area contributed by atoms with Crippen LogP contribution in [-0.2, 0) is 4.79 Å². The Morgan fingerprint density at radius 1 is 1.04 bits per heavy atom. The summed E-state index contributed by atoms with van der Waals surface area (Å²) in [4.78, 5) is 12.4. The number of carbonyl (C=O) groups excluding carboxylic acids is 1. The summed E-state index contributed by atoms with van der Waals surface area (Å²) in [6.07, 6.45) is 5.08. The number of nitrogens with zero attached hydrogens (tertiary/aromatic N) is 2. The first-order valence-electron chi connectivity index (χ1n) is 9.00.